The molecule has 0 saturated heterocycles. The van der Waals surface area contributed by atoms with Crippen LogP contribution >= 0.6 is 0 Å². The van der Waals surface area contributed by atoms with Gasteiger partial charge in [-0.05, 0) is 49.7 Å². The van der Waals surface area contributed by atoms with Gasteiger partial charge in [-0.3, -0.25) is 4.79 Å². The molecule has 0 unspecified atom stereocenters. The van der Waals surface area contributed by atoms with Crippen LogP contribution in [-0.2, 0) is 9.53 Å². The zero-order valence-corrected chi connectivity index (χ0v) is 17.9. The third kappa shape index (κ3) is 11.8. The Morgan fingerprint density at radius 2 is 1.93 bits per heavy atom. The van der Waals surface area contributed by atoms with Crippen molar-refractivity contribution in [3.8, 4) is 0 Å². The Morgan fingerprint density at radius 1 is 1.14 bits per heavy atom. The highest BCUT2D eigenvalue weighted by Crippen LogP contribution is 2.23. The van der Waals surface area contributed by atoms with Gasteiger partial charge in [-0.2, -0.15) is 0 Å². The van der Waals surface area contributed by atoms with Gasteiger partial charge in [-0.25, -0.2) is 0 Å². The molecule has 0 aromatic heterocycles. The quantitative estimate of drug-likeness (QED) is 0.316. The zero-order chi connectivity index (χ0) is 21.5. The van der Waals surface area contributed by atoms with Crippen molar-refractivity contribution in [1.29, 1.82) is 0 Å². The number of carbonyl (C=O) groups is 1. The molecule has 0 aromatic rings. The fourth-order valence-corrected chi connectivity index (χ4v) is 3.23. The van der Waals surface area contributed by atoms with Gasteiger partial charge in [0.25, 0.3) is 0 Å². The highest BCUT2D eigenvalue weighted by Gasteiger charge is 2.13. The Bertz CT molecular complexity index is 588. The number of aliphatic hydroxyl groups is 3. The number of aliphatic hydroxyl groups excluding tert-OH is 3. The molecule has 1 aliphatic carbocycles. The predicted octanol–water partition coefficient (Wildman–Crippen LogP) is 4.14. The molecule has 1 aliphatic rings. The maximum Gasteiger partial charge on any atom is 0.305 e. The molecular formula is C24H38O5. The molecular weight excluding hydrogens is 368 g/mol. The number of esters is 1. The molecule has 0 fully saturated rings. The lowest BCUT2D eigenvalue weighted by molar-refractivity contribution is -0.140. The minimum Gasteiger partial charge on any atom is -0.469 e. The molecule has 164 valence electrons. The van der Waals surface area contributed by atoms with Crippen LogP contribution < -0.4 is 0 Å². The van der Waals surface area contributed by atoms with Gasteiger partial charge >= 0.3 is 5.97 Å². The van der Waals surface area contributed by atoms with Crippen molar-refractivity contribution in [2.75, 3.05) is 7.11 Å². The Kier molecular flexibility index (Phi) is 13.3. The number of allylic oxidation sites excluding steroid dienone is 6. The lowest BCUT2D eigenvalue weighted by Crippen LogP contribution is -2.23. The molecule has 29 heavy (non-hydrogen) atoms. The van der Waals surface area contributed by atoms with Gasteiger partial charge in [0.15, 0.2) is 0 Å². The van der Waals surface area contributed by atoms with Crippen LogP contribution in [-0.4, -0.2) is 46.7 Å². The largest absolute Gasteiger partial charge is 0.469 e. The van der Waals surface area contributed by atoms with E-state index in [0.29, 0.717) is 12.8 Å². The molecule has 0 saturated carbocycles. The van der Waals surface area contributed by atoms with E-state index in [0.717, 1.165) is 44.9 Å². The van der Waals surface area contributed by atoms with E-state index in [2.05, 4.69) is 17.7 Å². The van der Waals surface area contributed by atoms with Crippen molar-refractivity contribution in [2.45, 2.75) is 89.4 Å². The average Bonchev–Trinajstić information content (AvgIpc) is 2.72. The minimum atomic E-state index is -0.963. The first-order valence-electron chi connectivity index (χ1n) is 10.8. The van der Waals surface area contributed by atoms with Gasteiger partial charge < -0.3 is 20.1 Å². The summed E-state index contributed by atoms with van der Waals surface area (Å²) in [5.41, 5.74) is 2.37. The smallest absolute Gasteiger partial charge is 0.305 e. The van der Waals surface area contributed by atoms with Crippen LogP contribution in [0.25, 0.3) is 0 Å². The summed E-state index contributed by atoms with van der Waals surface area (Å²) in [4.78, 5) is 11.1. The van der Waals surface area contributed by atoms with Crippen LogP contribution in [0.1, 0.15) is 71.1 Å². The molecule has 0 amide bonds. The third-order valence-electron chi connectivity index (χ3n) is 5.06. The molecule has 3 N–H and O–H groups in total. The van der Waals surface area contributed by atoms with Crippen LogP contribution in [0.15, 0.2) is 47.6 Å². The van der Waals surface area contributed by atoms with Gasteiger partial charge in [0.2, 0.25) is 0 Å². The number of unbranched alkanes of at least 4 members (excludes halogenated alkanes) is 2. The standard InChI is InChI=1S/C24H38O5/c1-3-4-5-12-21(25)17-16-20-10-6-9-19(18-20)11-7-13-22(26)23(27)14-8-15-24(28)29-2/h7,11,13,16-18,21-23,25-27H,3-6,8-10,12,14-15H2,1-2H3/t21-,22-,23+/m1/s1. The van der Waals surface area contributed by atoms with E-state index >= 15 is 0 Å². The van der Waals surface area contributed by atoms with E-state index in [1.54, 1.807) is 12.2 Å². The van der Waals surface area contributed by atoms with Crippen LogP contribution in [0.5, 0.6) is 0 Å². The highest BCUT2D eigenvalue weighted by molar-refractivity contribution is 5.68. The third-order valence-corrected chi connectivity index (χ3v) is 5.06. The Hall–Kier alpha value is -1.69. The Balaban J connectivity index is 2.48. The maximum absolute atomic E-state index is 11.1. The van der Waals surface area contributed by atoms with E-state index < -0.39 is 12.2 Å². The second-order valence-corrected chi connectivity index (χ2v) is 7.65. The number of carbonyl (C=O) groups excluding carboxylic acids is 1. The number of ether oxygens (including phenoxy) is 1. The number of methoxy groups -OCH3 is 1. The molecule has 0 radical (unpaired) electrons. The number of hydrogen-bond donors (Lipinski definition) is 3. The van der Waals surface area contributed by atoms with Crippen molar-refractivity contribution < 1.29 is 24.9 Å². The van der Waals surface area contributed by atoms with Crippen molar-refractivity contribution in [1.82, 2.24) is 0 Å². The fraction of sp³-hybridized carbons (Fsp3) is 0.625. The summed E-state index contributed by atoms with van der Waals surface area (Å²) in [6.45, 7) is 2.16. The molecule has 0 heterocycles. The molecule has 0 spiro atoms. The van der Waals surface area contributed by atoms with Crippen LogP contribution in [0, 0.1) is 0 Å². The summed E-state index contributed by atoms with van der Waals surface area (Å²) >= 11 is 0. The Morgan fingerprint density at radius 3 is 2.66 bits per heavy atom. The summed E-state index contributed by atoms with van der Waals surface area (Å²) in [7, 11) is 1.33. The summed E-state index contributed by atoms with van der Waals surface area (Å²) < 4.78 is 4.56. The first-order valence-corrected chi connectivity index (χ1v) is 10.8. The Labute approximate surface area is 175 Å². The van der Waals surface area contributed by atoms with Gasteiger partial charge in [-0.15, -0.1) is 0 Å². The predicted molar refractivity (Wildman–Crippen MR) is 116 cm³/mol. The van der Waals surface area contributed by atoms with Crippen molar-refractivity contribution in [3.63, 3.8) is 0 Å². The molecule has 5 heteroatoms. The SMILES string of the molecule is CCCCC[C@@H](O)C=CC1=CC(=CC=C[C@@H](O)[C@@H](O)CCCC(=O)OC)CCC1. The van der Waals surface area contributed by atoms with Gasteiger partial charge in [0.1, 0.15) is 0 Å². The monoisotopic (exact) mass is 406 g/mol. The summed E-state index contributed by atoms with van der Waals surface area (Å²) in [5, 5.41) is 30.0. The molecule has 3 atom stereocenters. The van der Waals surface area contributed by atoms with Crippen molar-refractivity contribution in [2.24, 2.45) is 0 Å². The van der Waals surface area contributed by atoms with E-state index in [1.165, 1.54) is 18.3 Å². The lowest BCUT2D eigenvalue weighted by atomic mass is 9.94. The first-order chi connectivity index (χ1) is 14.0. The zero-order valence-electron chi connectivity index (χ0n) is 17.9. The lowest BCUT2D eigenvalue weighted by Gasteiger charge is -2.14. The molecule has 0 aliphatic heterocycles. The topological polar surface area (TPSA) is 87.0 Å². The van der Waals surface area contributed by atoms with Crippen LogP contribution in [0.3, 0.4) is 0 Å². The number of rotatable bonds is 13. The van der Waals surface area contributed by atoms with E-state index in [4.69, 9.17) is 0 Å². The van der Waals surface area contributed by atoms with E-state index in [1.807, 2.05) is 18.2 Å². The molecule has 1 rings (SSSR count). The molecule has 0 bridgehead atoms. The second kappa shape index (κ2) is 15.2. The van der Waals surface area contributed by atoms with Gasteiger partial charge in [-0.1, -0.05) is 62.6 Å². The van der Waals surface area contributed by atoms with E-state index in [9.17, 15) is 20.1 Å². The highest BCUT2D eigenvalue weighted by atomic mass is 16.5. The van der Waals surface area contributed by atoms with Crippen molar-refractivity contribution >= 4 is 5.97 Å². The maximum atomic E-state index is 11.1. The van der Waals surface area contributed by atoms with Gasteiger partial charge in [0.05, 0.1) is 25.4 Å². The summed E-state index contributed by atoms with van der Waals surface area (Å²) in [6.07, 6.45) is 17.3. The van der Waals surface area contributed by atoms with Crippen LogP contribution in [0.4, 0.5) is 0 Å². The second-order valence-electron chi connectivity index (χ2n) is 7.65. The molecule has 5 nitrogen and oxygen atoms in total. The van der Waals surface area contributed by atoms with Crippen molar-refractivity contribution in [3.05, 3.63) is 47.6 Å². The summed E-state index contributed by atoms with van der Waals surface area (Å²) in [6, 6.07) is 0. The van der Waals surface area contributed by atoms with Gasteiger partial charge in [0, 0.05) is 6.42 Å². The summed E-state index contributed by atoms with van der Waals surface area (Å²) in [5.74, 6) is -0.311. The molecule has 0 aromatic carbocycles. The minimum absolute atomic E-state index is 0.239. The average molecular weight is 407 g/mol. The normalized spacial score (nSPS) is 19.5. The number of hydrogen-bond acceptors (Lipinski definition) is 5. The fourth-order valence-electron chi connectivity index (χ4n) is 3.23. The van der Waals surface area contributed by atoms with E-state index in [-0.39, 0.29) is 18.5 Å². The van der Waals surface area contributed by atoms with Crippen LogP contribution in [0.2, 0.25) is 0 Å². The first kappa shape index (κ1) is 25.3.